The van der Waals surface area contributed by atoms with Crippen LogP contribution < -0.4 is 0 Å². The molecule has 1 unspecified atom stereocenters. The molecular weight excluding hydrogens is 368 g/mol. The number of thioether (sulfide) groups is 1. The highest BCUT2D eigenvalue weighted by Gasteiger charge is 2.26. The summed E-state index contributed by atoms with van der Waals surface area (Å²) in [6, 6.07) is 20.5. The molecule has 6 nitrogen and oxygen atoms in total. The summed E-state index contributed by atoms with van der Waals surface area (Å²) in [6.07, 6.45) is 0. The maximum absolute atomic E-state index is 4.87. The molecule has 4 aromatic rings. The van der Waals surface area contributed by atoms with Gasteiger partial charge in [-0.3, -0.25) is 5.10 Å². The molecule has 1 atom stereocenters. The van der Waals surface area contributed by atoms with E-state index in [2.05, 4.69) is 70.6 Å². The van der Waals surface area contributed by atoms with Gasteiger partial charge >= 0.3 is 0 Å². The predicted molar refractivity (Wildman–Crippen MR) is 111 cm³/mol. The van der Waals surface area contributed by atoms with Crippen molar-refractivity contribution < 1.29 is 0 Å². The fourth-order valence-electron chi connectivity index (χ4n) is 3.21. The third-order valence-corrected chi connectivity index (χ3v) is 5.76. The Kier molecular flexibility index (Phi) is 4.09. The van der Waals surface area contributed by atoms with Crippen molar-refractivity contribution in [3.63, 3.8) is 0 Å². The number of aromatic amines is 1. The lowest BCUT2D eigenvalue weighted by atomic mass is 10.1. The van der Waals surface area contributed by atoms with Gasteiger partial charge in [-0.25, -0.2) is 0 Å². The third-order valence-electron chi connectivity index (χ3n) is 4.72. The molecule has 1 aliphatic rings. The molecule has 138 valence electrons. The van der Waals surface area contributed by atoms with Crippen molar-refractivity contribution >= 4 is 17.5 Å². The molecule has 0 radical (unpaired) electrons. The van der Waals surface area contributed by atoms with Crippen LogP contribution in [0.1, 0.15) is 18.1 Å². The maximum atomic E-state index is 4.87. The van der Waals surface area contributed by atoms with Crippen LogP contribution in [0.5, 0.6) is 0 Å². The predicted octanol–water partition coefficient (Wildman–Crippen LogP) is 4.39. The van der Waals surface area contributed by atoms with Crippen LogP contribution in [0.4, 0.5) is 0 Å². The van der Waals surface area contributed by atoms with Gasteiger partial charge in [0.25, 0.3) is 0 Å². The zero-order valence-corrected chi connectivity index (χ0v) is 16.3. The van der Waals surface area contributed by atoms with E-state index in [1.807, 2.05) is 24.3 Å². The molecule has 3 heterocycles. The zero-order chi connectivity index (χ0) is 19.1. The first-order valence-electron chi connectivity index (χ1n) is 9.08. The largest absolute Gasteiger partial charge is 0.274 e. The van der Waals surface area contributed by atoms with E-state index in [4.69, 9.17) is 5.10 Å². The monoisotopic (exact) mass is 386 g/mol. The Labute approximate surface area is 166 Å². The van der Waals surface area contributed by atoms with E-state index in [0.29, 0.717) is 5.82 Å². The average Bonchev–Trinajstić information content (AvgIpc) is 3.35. The highest BCUT2D eigenvalue weighted by atomic mass is 32.2. The highest BCUT2D eigenvalue weighted by Crippen LogP contribution is 2.33. The van der Waals surface area contributed by atoms with Crippen LogP contribution in [0.3, 0.4) is 0 Å². The standard InChI is InChI=1S/C21H18N6S/c1-13-8-10-15(11-9-13)17-12-18(23-22-17)20-24-25-21-27(20)26-19(14(2)28-21)16-6-4-3-5-7-16/h3-12,14H,1-2H3,(H,22,23). The van der Waals surface area contributed by atoms with Gasteiger partial charge in [-0.05, 0) is 25.5 Å². The molecule has 0 fully saturated rings. The molecule has 0 bridgehead atoms. The Balaban J connectivity index is 1.55. The summed E-state index contributed by atoms with van der Waals surface area (Å²) >= 11 is 1.66. The van der Waals surface area contributed by atoms with E-state index in [1.165, 1.54) is 5.56 Å². The second-order valence-electron chi connectivity index (χ2n) is 6.76. The van der Waals surface area contributed by atoms with E-state index >= 15 is 0 Å². The van der Waals surface area contributed by atoms with Crippen molar-refractivity contribution in [3.05, 3.63) is 71.8 Å². The van der Waals surface area contributed by atoms with E-state index in [9.17, 15) is 0 Å². The summed E-state index contributed by atoms with van der Waals surface area (Å²) in [6.45, 7) is 4.21. The molecule has 1 aliphatic heterocycles. The lowest BCUT2D eigenvalue weighted by Crippen LogP contribution is -2.21. The van der Waals surface area contributed by atoms with Crippen LogP contribution in [-0.4, -0.2) is 36.0 Å². The number of H-pyrrole nitrogens is 1. The number of nitrogens with one attached hydrogen (secondary N) is 1. The summed E-state index contributed by atoms with van der Waals surface area (Å²) in [5, 5.41) is 22.1. The smallest absolute Gasteiger partial charge is 0.213 e. The number of hydrogen-bond donors (Lipinski definition) is 1. The van der Waals surface area contributed by atoms with Gasteiger partial charge in [0, 0.05) is 5.56 Å². The Morgan fingerprint density at radius 2 is 1.75 bits per heavy atom. The molecule has 0 amide bonds. The van der Waals surface area contributed by atoms with Crippen LogP contribution in [0, 0.1) is 6.92 Å². The minimum atomic E-state index is 0.205. The van der Waals surface area contributed by atoms with Crippen molar-refractivity contribution in [1.29, 1.82) is 0 Å². The first kappa shape index (κ1) is 16.9. The van der Waals surface area contributed by atoms with Gasteiger partial charge in [0.15, 0.2) is 0 Å². The summed E-state index contributed by atoms with van der Waals surface area (Å²) in [5.41, 5.74) is 6.06. The molecule has 0 saturated heterocycles. The third kappa shape index (κ3) is 2.93. The van der Waals surface area contributed by atoms with E-state index in [-0.39, 0.29) is 5.25 Å². The Morgan fingerprint density at radius 3 is 2.54 bits per heavy atom. The van der Waals surface area contributed by atoms with Crippen LogP contribution in [0.2, 0.25) is 0 Å². The molecule has 0 spiro atoms. The van der Waals surface area contributed by atoms with E-state index in [1.54, 1.807) is 16.4 Å². The van der Waals surface area contributed by atoms with Crippen molar-refractivity contribution in [2.75, 3.05) is 0 Å². The minimum Gasteiger partial charge on any atom is -0.274 e. The molecule has 1 N–H and O–H groups in total. The van der Waals surface area contributed by atoms with Crippen LogP contribution in [0.15, 0.2) is 70.9 Å². The molecule has 2 aromatic heterocycles. The summed E-state index contributed by atoms with van der Waals surface area (Å²) in [5.74, 6) is 0.661. The van der Waals surface area contributed by atoms with E-state index < -0.39 is 0 Å². The van der Waals surface area contributed by atoms with Gasteiger partial charge in [-0.1, -0.05) is 71.9 Å². The molecule has 5 rings (SSSR count). The molecule has 7 heteroatoms. The molecule has 0 saturated carbocycles. The second kappa shape index (κ2) is 6.76. The van der Waals surface area contributed by atoms with Gasteiger partial charge < -0.3 is 0 Å². The van der Waals surface area contributed by atoms with Gasteiger partial charge in [-0.2, -0.15) is 14.9 Å². The average molecular weight is 386 g/mol. The number of rotatable bonds is 3. The Bertz CT molecular complexity index is 1160. The van der Waals surface area contributed by atoms with Gasteiger partial charge in [-0.15, -0.1) is 10.2 Å². The topological polar surface area (TPSA) is 71.8 Å². The minimum absolute atomic E-state index is 0.205. The second-order valence-corrected chi connectivity index (χ2v) is 8.07. The van der Waals surface area contributed by atoms with Gasteiger partial charge in [0.05, 0.1) is 16.7 Å². The number of hydrogen-bond acceptors (Lipinski definition) is 5. The van der Waals surface area contributed by atoms with Gasteiger partial charge in [0.1, 0.15) is 5.69 Å². The summed E-state index contributed by atoms with van der Waals surface area (Å²) < 4.78 is 1.80. The Morgan fingerprint density at radius 1 is 0.964 bits per heavy atom. The van der Waals surface area contributed by atoms with E-state index in [0.717, 1.165) is 33.4 Å². The number of fused-ring (bicyclic) bond motifs is 1. The van der Waals surface area contributed by atoms with Crippen molar-refractivity contribution in [3.8, 4) is 22.8 Å². The molecule has 28 heavy (non-hydrogen) atoms. The van der Waals surface area contributed by atoms with Crippen molar-refractivity contribution in [2.24, 2.45) is 5.10 Å². The van der Waals surface area contributed by atoms with Crippen LogP contribution >= 0.6 is 11.8 Å². The Hall–Kier alpha value is -3.19. The van der Waals surface area contributed by atoms with Crippen molar-refractivity contribution in [2.45, 2.75) is 24.3 Å². The zero-order valence-electron chi connectivity index (χ0n) is 15.5. The summed E-state index contributed by atoms with van der Waals surface area (Å²) in [7, 11) is 0. The van der Waals surface area contributed by atoms with Crippen molar-refractivity contribution in [1.82, 2.24) is 25.1 Å². The molecular formula is C21H18N6S. The number of benzene rings is 2. The summed E-state index contributed by atoms with van der Waals surface area (Å²) in [4.78, 5) is 0. The lowest BCUT2D eigenvalue weighted by molar-refractivity contribution is 0.752. The fraction of sp³-hybridized carbons (Fsp3) is 0.143. The first-order valence-corrected chi connectivity index (χ1v) is 9.96. The fourth-order valence-corrected chi connectivity index (χ4v) is 4.14. The quantitative estimate of drug-likeness (QED) is 0.567. The number of aryl methyl sites for hydroxylation is 1. The lowest BCUT2D eigenvalue weighted by Gasteiger charge is -2.19. The highest BCUT2D eigenvalue weighted by molar-refractivity contribution is 8.00. The van der Waals surface area contributed by atoms with Crippen LogP contribution in [-0.2, 0) is 0 Å². The number of nitrogens with zero attached hydrogens (tertiary/aromatic N) is 5. The van der Waals surface area contributed by atoms with Gasteiger partial charge in [0.2, 0.25) is 11.0 Å². The number of aromatic nitrogens is 5. The molecule has 0 aliphatic carbocycles. The first-order chi connectivity index (χ1) is 13.7. The molecule has 2 aromatic carbocycles. The maximum Gasteiger partial charge on any atom is 0.213 e. The van der Waals surface area contributed by atoms with Crippen LogP contribution in [0.25, 0.3) is 22.8 Å². The SMILES string of the molecule is Cc1ccc(-c2cc(-c3nnc4n3N=C(c3ccccc3)C(C)S4)[nH]n2)cc1. The normalized spacial score (nSPS) is 15.9.